The summed E-state index contributed by atoms with van der Waals surface area (Å²) < 4.78 is 49.8. The van der Waals surface area contributed by atoms with Crippen LogP contribution in [0, 0.1) is 0 Å². The van der Waals surface area contributed by atoms with Crippen LogP contribution in [0.2, 0.25) is 0 Å². The van der Waals surface area contributed by atoms with E-state index in [1.807, 2.05) is 0 Å². The molecule has 0 amide bonds. The number of hydrogen-bond donors (Lipinski definition) is 0. The van der Waals surface area contributed by atoms with Crippen molar-refractivity contribution in [2.75, 3.05) is 14.2 Å². The van der Waals surface area contributed by atoms with E-state index in [1.165, 1.54) is 32.6 Å². The molecule has 0 saturated heterocycles. The predicted molar refractivity (Wildman–Crippen MR) is 84.8 cm³/mol. The molecule has 7 heteroatoms. The Morgan fingerprint density at radius 3 is 2.56 bits per heavy atom. The van der Waals surface area contributed by atoms with Gasteiger partial charge in [-0.3, -0.25) is 9.78 Å². The lowest BCUT2D eigenvalue weighted by Gasteiger charge is -2.10. The SMILES string of the molecule is COc1ccc2c(c1OC)C/C(=C\c1ncccc1C(F)(F)F)C2=O. The van der Waals surface area contributed by atoms with Gasteiger partial charge < -0.3 is 9.47 Å². The highest BCUT2D eigenvalue weighted by molar-refractivity contribution is 6.16. The van der Waals surface area contributed by atoms with E-state index in [2.05, 4.69) is 4.98 Å². The maximum absolute atomic E-state index is 13.1. The van der Waals surface area contributed by atoms with Gasteiger partial charge in [0.15, 0.2) is 17.3 Å². The third-order valence-corrected chi connectivity index (χ3v) is 4.01. The molecule has 130 valence electrons. The summed E-state index contributed by atoms with van der Waals surface area (Å²) in [4.78, 5) is 16.3. The second-order valence-corrected chi connectivity index (χ2v) is 5.44. The van der Waals surface area contributed by atoms with Crippen molar-refractivity contribution in [2.24, 2.45) is 0 Å². The Bertz CT molecular complexity index is 872. The topological polar surface area (TPSA) is 48.4 Å². The van der Waals surface area contributed by atoms with Crippen molar-refractivity contribution in [3.63, 3.8) is 0 Å². The molecule has 1 aliphatic rings. The van der Waals surface area contributed by atoms with Gasteiger partial charge in [0.05, 0.1) is 25.5 Å². The monoisotopic (exact) mass is 349 g/mol. The van der Waals surface area contributed by atoms with Crippen molar-refractivity contribution in [1.82, 2.24) is 4.98 Å². The molecule has 1 aromatic carbocycles. The van der Waals surface area contributed by atoms with Crippen molar-refractivity contribution < 1.29 is 27.4 Å². The maximum Gasteiger partial charge on any atom is 0.418 e. The molecule has 4 nitrogen and oxygen atoms in total. The fraction of sp³-hybridized carbons (Fsp3) is 0.222. The number of ether oxygens (including phenoxy) is 2. The minimum atomic E-state index is -4.55. The molecule has 1 aliphatic carbocycles. The van der Waals surface area contributed by atoms with Crippen LogP contribution in [0.15, 0.2) is 36.0 Å². The second-order valence-electron chi connectivity index (χ2n) is 5.44. The third kappa shape index (κ3) is 2.97. The van der Waals surface area contributed by atoms with Crippen molar-refractivity contribution in [1.29, 1.82) is 0 Å². The number of ketones is 1. The lowest BCUT2D eigenvalue weighted by atomic mass is 10.1. The van der Waals surface area contributed by atoms with Gasteiger partial charge >= 0.3 is 6.18 Å². The molecular weight excluding hydrogens is 335 g/mol. The third-order valence-electron chi connectivity index (χ3n) is 4.01. The average molecular weight is 349 g/mol. The molecule has 0 unspecified atom stereocenters. The number of carbonyl (C=O) groups excluding carboxylic acids is 1. The lowest BCUT2D eigenvalue weighted by molar-refractivity contribution is -0.138. The zero-order chi connectivity index (χ0) is 18.2. The maximum atomic E-state index is 13.1. The number of nitrogens with zero attached hydrogens (tertiary/aromatic N) is 1. The Balaban J connectivity index is 2.08. The van der Waals surface area contributed by atoms with E-state index in [4.69, 9.17) is 9.47 Å². The van der Waals surface area contributed by atoms with E-state index >= 15 is 0 Å². The van der Waals surface area contributed by atoms with Crippen LogP contribution in [0.25, 0.3) is 6.08 Å². The minimum absolute atomic E-state index is 0.155. The van der Waals surface area contributed by atoms with Gasteiger partial charge in [0.1, 0.15) is 0 Å². The molecule has 0 saturated carbocycles. The predicted octanol–water partition coefficient (Wildman–Crippen LogP) is 3.94. The van der Waals surface area contributed by atoms with Crippen LogP contribution in [-0.4, -0.2) is 25.0 Å². The van der Waals surface area contributed by atoms with Crippen LogP contribution in [-0.2, 0) is 12.6 Å². The molecule has 0 radical (unpaired) electrons. The van der Waals surface area contributed by atoms with Crippen LogP contribution in [0.1, 0.15) is 27.2 Å². The first kappa shape index (κ1) is 17.0. The normalized spacial score (nSPS) is 15.4. The van der Waals surface area contributed by atoms with Gasteiger partial charge in [-0.05, 0) is 30.3 Å². The largest absolute Gasteiger partial charge is 0.493 e. The number of alkyl halides is 3. The Hall–Kier alpha value is -2.83. The van der Waals surface area contributed by atoms with Gasteiger partial charge in [0.25, 0.3) is 0 Å². The first-order valence-electron chi connectivity index (χ1n) is 7.38. The number of rotatable bonds is 3. The van der Waals surface area contributed by atoms with Crippen LogP contribution in [0.3, 0.4) is 0 Å². The van der Waals surface area contributed by atoms with Crippen molar-refractivity contribution in [3.05, 3.63) is 58.4 Å². The van der Waals surface area contributed by atoms with E-state index in [1.54, 1.807) is 12.1 Å². The van der Waals surface area contributed by atoms with Crippen LogP contribution in [0.5, 0.6) is 11.5 Å². The van der Waals surface area contributed by atoms with Crippen LogP contribution >= 0.6 is 0 Å². The molecule has 0 spiro atoms. The van der Waals surface area contributed by atoms with E-state index in [9.17, 15) is 18.0 Å². The lowest BCUT2D eigenvalue weighted by Crippen LogP contribution is -2.09. The van der Waals surface area contributed by atoms with Gasteiger partial charge in [0.2, 0.25) is 0 Å². The molecule has 0 aliphatic heterocycles. The first-order valence-corrected chi connectivity index (χ1v) is 7.38. The van der Waals surface area contributed by atoms with E-state index < -0.39 is 11.7 Å². The van der Waals surface area contributed by atoms with E-state index in [0.29, 0.717) is 22.6 Å². The smallest absolute Gasteiger partial charge is 0.418 e. The van der Waals surface area contributed by atoms with E-state index in [0.717, 1.165) is 6.07 Å². The van der Waals surface area contributed by atoms with Crippen molar-refractivity contribution in [3.8, 4) is 11.5 Å². The second kappa shape index (κ2) is 6.23. The van der Waals surface area contributed by atoms with E-state index in [-0.39, 0.29) is 23.5 Å². The summed E-state index contributed by atoms with van der Waals surface area (Å²) in [5, 5.41) is 0. The fourth-order valence-corrected chi connectivity index (χ4v) is 2.88. The average Bonchev–Trinajstić information content (AvgIpc) is 2.89. The van der Waals surface area contributed by atoms with Gasteiger partial charge in [-0.25, -0.2) is 0 Å². The summed E-state index contributed by atoms with van der Waals surface area (Å²) >= 11 is 0. The number of pyridine rings is 1. The Morgan fingerprint density at radius 2 is 1.92 bits per heavy atom. The molecule has 0 bridgehead atoms. The molecule has 2 aromatic rings. The number of halogens is 3. The summed E-state index contributed by atoms with van der Waals surface area (Å²) in [5.41, 5.74) is 0.0645. The molecule has 1 heterocycles. The standard InChI is InChI=1S/C18H14F3NO3/c1-24-15-6-5-11-12(17(15)25-2)8-10(16(11)23)9-14-13(18(19,20)21)4-3-7-22-14/h3-7,9H,8H2,1-2H3/b10-9+. The number of fused-ring (bicyclic) bond motifs is 1. The molecule has 1 aromatic heterocycles. The molecule has 0 N–H and O–H groups in total. The number of allylic oxidation sites excluding steroid dienone is 1. The molecular formula is C18H14F3NO3. The first-order chi connectivity index (χ1) is 11.9. The summed E-state index contributed by atoms with van der Waals surface area (Å²) in [6.45, 7) is 0. The van der Waals surface area contributed by atoms with Gasteiger partial charge in [-0.15, -0.1) is 0 Å². The highest BCUT2D eigenvalue weighted by Gasteiger charge is 2.35. The highest BCUT2D eigenvalue weighted by atomic mass is 19.4. The number of Topliss-reactive ketones (excluding diaryl/α,β-unsaturated/α-hetero) is 1. The summed E-state index contributed by atoms with van der Waals surface area (Å²) in [6, 6.07) is 5.34. The summed E-state index contributed by atoms with van der Waals surface area (Å²) in [7, 11) is 2.92. The van der Waals surface area contributed by atoms with Crippen LogP contribution in [0.4, 0.5) is 13.2 Å². The fourth-order valence-electron chi connectivity index (χ4n) is 2.88. The Labute approximate surface area is 141 Å². The number of hydrogen-bond acceptors (Lipinski definition) is 4. The van der Waals surface area contributed by atoms with Crippen molar-refractivity contribution in [2.45, 2.75) is 12.6 Å². The van der Waals surface area contributed by atoms with Crippen LogP contribution < -0.4 is 9.47 Å². The van der Waals surface area contributed by atoms with Crippen molar-refractivity contribution >= 4 is 11.9 Å². The molecule has 25 heavy (non-hydrogen) atoms. The molecule has 0 fully saturated rings. The molecule has 3 rings (SSSR count). The Kier molecular flexibility index (Phi) is 4.24. The number of carbonyl (C=O) groups is 1. The zero-order valence-electron chi connectivity index (χ0n) is 13.5. The Morgan fingerprint density at radius 1 is 1.16 bits per heavy atom. The number of aromatic nitrogens is 1. The zero-order valence-corrected chi connectivity index (χ0v) is 13.5. The summed E-state index contributed by atoms with van der Waals surface area (Å²) in [5.74, 6) is 0.535. The quantitative estimate of drug-likeness (QED) is 0.788. The van der Waals surface area contributed by atoms with Gasteiger partial charge in [-0.2, -0.15) is 13.2 Å². The minimum Gasteiger partial charge on any atom is -0.493 e. The number of methoxy groups -OCH3 is 2. The summed E-state index contributed by atoms with van der Waals surface area (Å²) in [6.07, 6.45) is -1.94. The highest BCUT2D eigenvalue weighted by Crippen LogP contribution is 2.41. The number of benzene rings is 1. The molecule has 0 atom stereocenters. The van der Waals surface area contributed by atoms with Gasteiger partial charge in [0, 0.05) is 29.3 Å². The van der Waals surface area contributed by atoms with Gasteiger partial charge in [-0.1, -0.05) is 0 Å².